The van der Waals surface area contributed by atoms with Crippen LogP contribution < -0.4 is 5.32 Å². The topological polar surface area (TPSA) is 12.0 Å². The predicted molar refractivity (Wildman–Crippen MR) is 69.4 cm³/mol. The van der Waals surface area contributed by atoms with Gasteiger partial charge in [-0.1, -0.05) is 31.0 Å². The zero-order valence-corrected chi connectivity index (χ0v) is 10.9. The number of hydrogen-bond donors (Lipinski definition) is 1. The van der Waals surface area contributed by atoms with Gasteiger partial charge in [-0.05, 0) is 37.7 Å². The summed E-state index contributed by atoms with van der Waals surface area (Å²) in [5.74, 6) is -0.0951. The van der Waals surface area contributed by atoms with Crippen LogP contribution in [-0.4, -0.2) is 6.54 Å². The smallest absolute Gasteiger partial charge is 0.127 e. The number of hydrogen-bond acceptors (Lipinski definition) is 1. The predicted octanol–water partition coefficient (Wildman–Crippen LogP) is 3.80. The number of nitrogens with one attached hydrogen (secondary N) is 1. The lowest BCUT2D eigenvalue weighted by Crippen LogP contribution is -2.39. The van der Waals surface area contributed by atoms with Crippen molar-refractivity contribution in [2.24, 2.45) is 5.41 Å². The molecule has 0 spiro atoms. The van der Waals surface area contributed by atoms with Crippen LogP contribution >= 0.6 is 0 Å². The number of benzene rings is 1. The molecular formula is C15H22FN. The molecule has 0 unspecified atom stereocenters. The van der Waals surface area contributed by atoms with Crippen LogP contribution in [0.1, 0.15) is 43.7 Å². The van der Waals surface area contributed by atoms with Gasteiger partial charge >= 0.3 is 0 Å². The molecule has 0 atom stereocenters. The third-order valence-electron chi connectivity index (χ3n) is 4.18. The summed E-state index contributed by atoms with van der Waals surface area (Å²) in [4.78, 5) is 0. The molecule has 0 saturated heterocycles. The lowest BCUT2D eigenvalue weighted by atomic mass is 9.67. The summed E-state index contributed by atoms with van der Waals surface area (Å²) in [5, 5.41) is 3.42. The fourth-order valence-electron chi connectivity index (χ4n) is 2.63. The van der Waals surface area contributed by atoms with Gasteiger partial charge in [0.05, 0.1) is 0 Å². The fraction of sp³-hybridized carbons (Fsp3) is 0.600. The molecule has 2 rings (SSSR count). The van der Waals surface area contributed by atoms with Crippen LogP contribution in [0.4, 0.5) is 4.39 Å². The monoisotopic (exact) mass is 235 g/mol. The highest BCUT2D eigenvalue weighted by Crippen LogP contribution is 2.43. The summed E-state index contributed by atoms with van der Waals surface area (Å²) >= 11 is 0. The van der Waals surface area contributed by atoms with E-state index in [-0.39, 0.29) is 5.82 Å². The molecule has 1 fully saturated rings. The summed E-state index contributed by atoms with van der Waals surface area (Å²) in [5.41, 5.74) is 2.41. The average molecular weight is 235 g/mol. The van der Waals surface area contributed by atoms with Crippen molar-refractivity contribution in [1.29, 1.82) is 0 Å². The molecule has 1 aliphatic carbocycles. The molecule has 0 amide bonds. The molecule has 1 N–H and O–H groups in total. The van der Waals surface area contributed by atoms with Crippen LogP contribution in [0.15, 0.2) is 18.2 Å². The van der Waals surface area contributed by atoms with E-state index in [0.717, 1.165) is 17.7 Å². The van der Waals surface area contributed by atoms with Crippen LogP contribution in [0, 0.1) is 18.2 Å². The average Bonchev–Trinajstić information content (AvgIpc) is 2.27. The lowest BCUT2D eigenvalue weighted by molar-refractivity contribution is 0.123. The normalized spacial score (nSPS) is 17.8. The Morgan fingerprint density at radius 3 is 2.71 bits per heavy atom. The van der Waals surface area contributed by atoms with E-state index in [0.29, 0.717) is 12.0 Å². The van der Waals surface area contributed by atoms with Crippen LogP contribution in [0.2, 0.25) is 0 Å². The van der Waals surface area contributed by atoms with Gasteiger partial charge in [0.2, 0.25) is 0 Å². The van der Waals surface area contributed by atoms with Gasteiger partial charge < -0.3 is 5.32 Å². The van der Waals surface area contributed by atoms with Gasteiger partial charge in [-0.15, -0.1) is 0 Å². The minimum absolute atomic E-state index is 0.0951. The van der Waals surface area contributed by atoms with Crippen molar-refractivity contribution < 1.29 is 4.39 Å². The molecule has 1 aliphatic rings. The first kappa shape index (κ1) is 12.6. The maximum absolute atomic E-state index is 13.5. The van der Waals surface area contributed by atoms with Crippen molar-refractivity contribution in [3.63, 3.8) is 0 Å². The van der Waals surface area contributed by atoms with Crippen molar-refractivity contribution in [3.05, 3.63) is 35.1 Å². The Labute approximate surface area is 103 Å². The highest BCUT2D eigenvalue weighted by Gasteiger charge is 2.34. The maximum atomic E-state index is 13.5. The van der Waals surface area contributed by atoms with Gasteiger partial charge in [0.15, 0.2) is 0 Å². The standard InChI is InChI=1S/C15H22FN/c1-3-15(7-4-8-15)11-17-10-13-9-12(2)5-6-14(13)16/h5-6,9,17H,3-4,7-8,10-11H2,1-2H3. The van der Waals surface area contributed by atoms with E-state index in [9.17, 15) is 4.39 Å². The van der Waals surface area contributed by atoms with Gasteiger partial charge in [-0.2, -0.15) is 0 Å². The van der Waals surface area contributed by atoms with Crippen molar-refractivity contribution in [3.8, 4) is 0 Å². The Morgan fingerprint density at radius 2 is 2.12 bits per heavy atom. The highest BCUT2D eigenvalue weighted by molar-refractivity contribution is 5.23. The molecule has 0 aromatic heterocycles. The zero-order valence-electron chi connectivity index (χ0n) is 10.9. The molecule has 94 valence electrons. The summed E-state index contributed by atoms with van der Waals surface area (Å²) in [6, 6.07) is 5.31. The van der Waals surface area contributed by atoms with Crippen LogP contribution in [-0.2, 0) is 6.54 Å². The molecule has 0 aliphatic heterocycles. The Balaban J connectivity index is 1.87. The first-order valence-electron chi connectivity index (χ1n) is 6.61. The first-order chi connectivity index (χ1) is 8.15. The second-order valence-electron chi connectivity index (χ2n) is 5.41. The second-order valence-corrected chi connectivity index (χ2v) is 5.41. The quantitative estimate of drug-likeness (QED) is 0.818. The van der Waals surface area contributed by atoms with E-state index in [4.69, 9.17) is 0 Å². The van der Waals surface area contributed by atoms with Gasteiger partial charge in [0, 0.05) is 18.7 Å². The van der Waals surface area contributed by atoms with Crippen LogP contribution in [0.5, 0.6) is 0 Å². The Morgan fingerprint density at radius 1 is 1.35 bits per heavy atom. The zero-order chi connectivity index (χ0) is 12.3. The summed E-state index contributed by atoms with van der Waals surface area (Å²) in [6.45, 7) is 5.93. The number of halogens is 1. The van der Waals surface area contributed by atoms with E-state index in [1.807, 2.05) is 19.1 Å². The van der Waals surface area contributed by atoms with Crippen LogP contribution in [0.3, 0.4) is 0 Å². The number of rotatable bonds is 5. The minimum Gasteiger partial charge on any atom is -0.312 e. The molecule has 0 heterocycles. The summed E-state index contributed by atoms with van der Waals surface area (Å²) < 4.78 is 13.5. The first-order valence-corrected chi connectivity index (χ1v) is 6.61. The molecule has 1 aromatic carbocycles. The van der Waals surface area contributed by atoms with E-state index in [1.54, 1.807) is 6.07 Å². The summed E-state index contributed by atoms with van der Waals surface area (Å²) in [6.07, 6.45) is 5.24. The molecule has 1 saturated carbocycles. The molecular weight excluding hydrogens is 213 g/mol. The van der Waals surface area contributed by atoms with Crippen molar-refractivity contribution in [2.75, 3.05) is 6.54 Å². The SMILES string of the molecule is CCC1(CNCc2cc(C)ccc2F)CCC1. The minimum atomic E-state index is -0.0951. The van der Waals surface area contributed by atoms with E-state index >= 15 is 0 Å². The second kappa shape index (κ2) is 5.18. The molecule has 17 heavy (non-hydrogen) atoms. The van der Waals surface area contributed by atoms with Gasteiger partial charge in [-0.25, -0.2) is 4.39 Å². The third kappa shape index (κ3) is 2.86. The Kier molecular flexibility index (Phi) is 3.82. The van der Waals surface area contributed by atoms with Crippen LogP contribution in [0.25, 0.3) is 0 Å². The molecule has 0 radical (unpaired) electrons. The lowest BCUT2D eigenvalue weighted by Gasteiger charge is -2.41. The Hall–Kier alpha value is -0.890. The molecule has 0 bridgehead atoms. The van der Waals surface area contributed by atoms with E-state index in [1.165, 1.54) is 25.7 Å². The van der Waals surface area contributed by atoms with Crippen molar-refractivity contribution >= 4 is 0 Å². The van der Waals surface area contributed by atoms with Gasteiger partial charge in [-0.3, -0.25) is 0 Å². The Bertz CT molecular complexity index is 377. The van der Waals surface area contributed by atoms with Crippen molar-refractivity contribution in [1.82, 2.24) is 5.32 Å². The number of aryl methyl sites for hydroxylation is 1. The largest absolute Gasteiger partial charge is 0.312 e. The third-order valence-corrected chi connectivity index (χ3v) is 4.18. The van der Waals surface area contributed by atoms with E-state index in [2.05, 4.69) is 12.2 Å². The van der Waals surface area contributed by atoms with E-state index < -0.39 is 0 Å². The molecule has 1 nitrogen and oxygen atoms in total. The summed E-state index contributed by atoms with van der Waals surface area (Å²) in [7, 11) is 0. The van der Waals surface area contributed by atoms with Gasteiger partial charge in [0.25, 0.3) is 0 Å². The highest BCUT2D eigenvalue weighted by atomic mass is 19.1. The van der Waals surface area contributed by atoms with Crippen molar-refractivity contribution in [2.45, 2.75) is 46.1 Å². The molecule has 2 heteroatoms. The molecule has 1 aromatic rings. The maximum Gasteiger partial charge on any atom is 0.127 e. The van der Waals surface area contributed by atoms with Gasteiger partial charge in [0.1, 0.15) is 5.82 Å². The fourth-order valence-corrected chi connectivity index (χ4v) is 2.63.